The number of rotatable bonds is 3. The highest BCUT2D eigenvalue weighted by Crippen LogP contribution is 2.35. The van der Waals surface area contributed by atoms with Crippen molar-refractivity contribution in [1.82, 2.24) is 10.2 Å². The maximum atomic E-state index is 10.2. The molecule has 112 valence electrons. The first kappa shape index (κ1) is 15.3. The third-order valence-corrected chi connectivity index (χ3v) is 5.27. The van der Waals surface area contributed by atoms with Crippen LogP contribution in [0.2, 0.25) is 0 Å². The largest absolute Gasteiger partial charge is 0.389 e. The van der Waals surface area contributed by atoms with Gasteiger partial charge in [-0.05, 0) is 64.0 Å². The second-order valence-corrected chi connectivity index (χ2v) is 7.45. The van der Waals surface area contributed by atoms with Crippen LogP contribution in [0.5, 0.6) is 0 Å². The first-order valence-corrected chi connectivity index (χ1v) is 8.03. The molecular formula is C16H32N2O. The molecule has 0 spiro atoms. The van der Waals surface area contributed by atoms with Crippen LogP contribution in [0.3, 0.4) is 0 Å². The summed E-state index contributed by atoms with van der Waals surface area (Å²) in [5.41, 5.74) is -0.474. The van der Waals surface area contributed by atoms with Gasteiger partial charge in [0.25, 0.3) is 0 Å². The van der Waals surface area contributed by atoms with Crippen LogP contribution in [0.15, 0.2) is 0 Å². The highest BCUT2D eigenvalue weighted by atomic mass is 16.3. The minimum Gasteiger partial charge on any atom is -0.389 e. The molecule has 5 atom stereocenters. The molecule has 0 aromatic rings. The highest BCUT2D eigenvalue weighted by molar-refractivity contribution is 4.91. The number of aliphatic hydroxyl groups is 1. The molecule has 5 unspecified atom stereocenters. The molecule has 0 amide bonds. The zero-order valence-corrected chi connectivity index (χ0v) is 13.2. The summed E-state index contributed by atoms with van der Waals surface area (Å²) in [6.45, 7) is 9.93. The lowest BCUT2D eigenvalue weighted by atomic mass is 9.72. The van der Waals surface area contributed by atoms with Crippen molar-refractivity contribution in [2.75, 3.05) is 26.7 Å². The number of nitrogens with one attached hydrogen (secondary N) is 1. The summed E-state index contributed by atoms with van der Waals surface area (Å²) in [5, 5.41) is 13.8. The lowest BCUT2D eigenvalue weighted by Crippen LogP contribution is -2.52. The zero-order valence-electron chi connectivity index (χ0n) is 13.2. The third kappa shape index (κ3) is 3.93. The monoisotopic (exact) mass is 268 g/mol. The van der Waals surface area contributed by atoms with Gasteiger partial charge in [-0.1, -0.05) is 13.8 Å². The molecule has 2 fully saturated rings. The SMILES string of the molecule is CNC1CC(C)CC(C)C1CN1CCCC(C)(O)C1. The number of hydrogen-bond acceptors (Lipinski definition) is 3. The fourth-order valence-corrected chi connectivity index (χ4v) is 4.33. The molecule has 0 bridgehead atoms. The van der Waals surface area contributed by atoms with Crippen LogP contribution < -0.4 is 5.32 Å². The molecule has 1 heterocycles. The van der Waals surface area contributed by atoms with E-state index in [1.807, 2.05) is 6.92 Å². The van der Waals surface area contributed by atoms with Crippen LogP contribution in [0.4, 0.5) is 0 Å². The van der Waals surface area contributed by atoms with E-state index < -0.39 is 5.60 Å². The fraction of sp³-hybridized carbons (Fsp3) is 1.00. The van der Waals surface area contributed by atoms with Gasteiger partial charge in [-0.3, -0.25) is 0 Å². The van der Waals surface area contributed by atoms with Gasteiger partial charge in [0.15, 0.2) is 0 Å². The normalized spacial score (nSPS) is 45.3. The van der Waals surface area contributed by atoms with E-state index in [0.717, 1.165) is 50.2 Å². The second kappa shape index (κ2) is 6.11. The molecule has 1 saturated carbocycles. The van der Waals surface area contributed by atoms with Crippen LogP contribution in [0.1, 0.15) is 46.5 Å². The van der Waals surface area contributed by atoms with E-state index in [1.165, 1.54) is 12.8 Å². The molecule has 19 heavy (non-hydrogen) atoms. The molecule has 1 saturated heterocycles. The maximum Gasteiger partial charge on any atom is 0.0746 e. The molecule has 3 heteroatoms. The molecule has 2 aliphatic rings. The van der Waals surface area contributed by atoms with Crippen molar-refractivity contribution in [3.8, 4) is 0 Å². The van der Waals surface area contributed by atoms with Crippen molar-refractivity contribution < 1.29 is 5.11 Å². The summed E-state index contributed by atoms with van der Waals surface area (Å²) in [5.74, 6) is 2.36. The Morgan fingerprint density at radius 2 is 2.05 bits per heavy atom. The van der Waals surface area contributed by atoms with E-state index in [-0.39, 0.29) is 0 Å². The van der Waals surface area contributed by atoms with Gasteiger partial charge in [-0.15, -0.1) is 0 Å². The van der Waals surface area contributed by atoms with Crippen molar-refractivity contribution in [2.24, 2.45) is 17.8 Å². The van der Waals surface area contributed by atoms with Crippen molar-refractivity contribution in [3.63, 3.8) is 0 Å². The lowest BCUT2D eigenvalue weighted by molar-refractivity contribution is -0.0280. The minimum atomic E-state index is -0.474. The van der Waals surface area contributed by atoms with Crippen molar-refractivity contribution in [3.05, 3.63) is 0 Å². The van der Waals surface area contributed by atoms with E-state index >= 15 is 0 Å². The summed E-state index contributed by atoms with van der Waals surface area (Å²) >= 11 is 0. The number of hydrogen-bond donors (Lipinski definition) is 2. The Bertz CT molecular complexity index is 292. The van der Waals surface area contributed by atoms with Gasteiger partial charge < -0.3 is 15.3 Å². The molecule has 0 aromatic carbocycles. The number of piperidine rings is 1. The quantitative estimate of drug-likeness (QED) is 0.823. The zero-order chi connectivity index (χ0) is 14.0. The average molecular weight is 268 g/mol. The summed E-state index contributed by atoms with van der Waals surface area (Å²) in [6.07, 6.45) is 4.74. The summed E-state index contributed by atoms with van der Waals surface area (Å²) in [6, 6.07) is 0.644. The highest BCUT2D eigenvalue weighted by Gasteiger charge is 2.36. The molecular weight excluding hydrogens is 236 g/mol. The van der Waals surface area contributed by atoms with E-state index in [0.29, 0.717) is 6.04 Å². The topological polar surface area (TPSA) is 35.5 Å². The van der Waals surface area contributed by atoms with Crippen LogP contribution in [-0.2, 0) is 0 Å². The first-order chi connectivity index (χ1) is 8.91. The Balaban J connectivity index is 1.96. The molecule has 0 aromatic heterocycles. The van der Waals surface area contributed by atoms with E-state index in [4.69, 9.17) is 0 Å². The van der Waals surface area contributed by atoms with Gasteiger partial charge in [0, 0.05) is 19.1 Å². The van der Waals surface area contributed by atoms with Gasteiger partial charge in [0.1, 0.15) is 0 Å². The summed E-state index contributed by atoms with van der Waals surface area (Å²) < 4.78 is 0. The molecule has 3 nitrogen and oxygen atoms in total. The van der Waals surface area contributed by atoms with Crippen LogP contribution >= 0.6 is 0 Å². The van der Waals surface area contributed by atoms with Crippen LogP contribution in [-0.4, -0.2) is 48.3 Å². The van der Waals surface area contributed by atoms with Gasteiger partial charge >= 0.3 is 0 Å². The molecule has 1 aliphatic heterocycles. The Morgan fingerprint density at radius 3 is 2.68 bits per heavy atom. The maximum absolute atomic E-state index is 10.2. The Kier molecular flexibility index (Phi) is 4.91. The predicted octanol–water partition coefficient (Wildman–Crippen LogP) is 2.10. The van der Waals surface area contributed by atoms with E-state index in [9.17, 15) is 5.11 Å². The number of likely N-dealkylation sites (tertiary alicyclic amines) is 1. The van der Waals surface area contributed by atoms with Gasteiger partial charge in [0.2, 0.25) is 0 Å². The Morgan fingerprint density at radius 1 is 1.32 bits per heavy atom. The van der Waals surface area contributed by atoms with Crippen LogP contribution in [0, 0.1) is 17.8 Å². The Labute approximate surface area is 118 Å². The second-order valence-electron chi connectivity index (χ2n) is 7.45. The van der Waals surface area contributed by atoms with Crippen molar-refractivity contribution in [1.29, 1.82) is 0 Å². The van der Waals surface area contributed by atoms with Crippen molar-refractivity contribution in [2.45, 2.75) is 58.1 Å². The lowest BCUT2D eigenvalue weighted by Gasteiger charge is -2.44. The fourth-order valence-electron chi connectivity index (χ4n) is 4.33. The molecule has 1 aliphatic carbocycles. The molecule has 2 rings (SSSR count). The average Bonchev–Trinajstić information content (AvgIpc) is 2.31. The smallest absolute Gasteiger partial charge is 0.0746 e. The standard InChI is InChI=1S/C16H32N2O/c1-12-8-13(2)14(15(9-12)17-4)10-18-7-5-6-16(3,19)11-18/h12-15,17,19H,5-11H2,1-4H3. The van der Waals surface area contributed by atoms with Crippen LogP contribution in [0.25, 0.3) is 0 Å². The third-order valence-electron chi connectivity index (χ3n) is 5.27. The van der Waals surface area contributed by atoms with Crippen molar-refractivity contribution >= 4 is 0 Å². The predicted molar refractivity (Wildman–Crippen MR) is 80.2 cm³/mol. The first-order valence-electron chi connectivity index (χ1n) is 8.03. The minimum absolute atomic E-state index is 0.474. The number of β-amino-alcohol motifs (C(OH)–C–C–N with tert-alkyl or cyclic N) is 1. The van der Waals surface area contributed by atoms with E-state index in [2.05, 4.69) is 31.1 Å². The number of nitrogens with zero attached hydrogens (tertiary/aromatic N) is 1. The van der Waals surface area contributed by atoms with Gasteiger partial charge in [0.05, 0.1) is 5.60 Å². The van der Waals surface area contributed by atoms with Gasteiger partial charge in [-0.2, -0.15) is 0 Å². The summed E-state index contributed by atoms with van der Waals surface area (Å²) in [4.78, 5) is 2.49. The molecule has 0 radical (unpaired) electrons. The van der Waals surface area contributed by atoms with Gasteiger partial charge in [-0.25, -0.2) is 0 Å². The molecule has 2 N–H and O–H groups in total. The Hall–Kier alpha value is -0.120. The summed E-state index contributed by atoms with van der Waals surface area (Å²) in [7, 11) is 2.11. The van der Waals surface area contributed by atoms with E-state index in [1.54, 1.807) is 0 Å².